The molecule has 0 aliphatic carbocycles. The molecule has 9 nitrogen and oxygen atoms in total. The number of hydrogen-bond donors (Lipinski definition) is 2. The van der Waals surface area contributed by atoms with Crippen LogP contribution in [0.4, 0.5) is 4.39 Å². The molecule has 11 heteroatoms. The highest BCUT2D eigenvalue weighted by Crippen LogP contribution is 2.22. The number of alkyl halides is 1. The van der Waals surface area contributed by atoms with Gasteiger partial charge in [-0.3, -0.25) is 0 Å². The second kappa shape index (κ2) is 10.8. The number of hydrogen-bond acceptors (Lipinski definition) is 6. The van der Waals surface area contributed by atoms with Gasteiger partial charge in [0, 0.05) is 12.1 Å². The molecule has 1 atom stereocenters. The van der Waals surface area contributed by atoms with E-state index in [0.29, 0.717) is 36.4 Å². The number of nitrogens with zero attached hydrogens (tertiary/aromatic N) is 4. The van der Waals surface area contributed by atoms with Crippen LogP contribution in [0.25, 0.3) is 11.3 Å². The lowest BCUT2D eigenvalue weighted by molar-refractivity contribution is -0.904. The van der Waals surface area contributed by atoms with Crippen LogP contribution < -0.4 is 10.5 Å². The minimum absolute atomic E-state index is 0.0545. The Kier molecular flexibility index (Phi) is 8.24. The predicted molar refractivity (Wildman–Crippen MR) is 128 cm³/mol. The third-order valence-corrected chi connectivity index (χ3v) is 6.67. The van der Waals surface area contributed by atoms with E-state index in [9.17, 15) is 12.8 Å². The lowest BCUT2D eigenvalue weighted by atomic mass is 10.0. The lowest BCUT2D eigenvalue weighted by Crippen LogP contribution is -2.40. The number of furan rings is 1. The van der Waals surface area contributed by atoms with E-state index in [-0.39, 0.29) is 23.5 Å². The number of nitrogens with two attached hydrogens (primary N) is 1. The van der Waals surface area contributed by atoms with Crippen LogP contribution in [0.3, 0.4) is 0 Å². The summed E-state index contributed by atoms with van der Waals surface area (Å²) in [7, 11) is 0.223. The van der Waals surface area contributed by atoms with Crippen LogP contribution in [0.1, 0.15) is 31.4 Å². The summed E-state index contributed by atoms with van der Waals surface area (Å²) in [6.45, 7) is 6.18. The Morgan fingerprint density at radius 3 is 2.44 bits per heavy atom. The SMILES string of the molecule is CC(C)C(CNCc1ccc(C[N+](C)(C)CCF)o1)n1cc(-c2ccc(S(N)(=O)=O)cc2)nn1. The van der Waals surface area contributed by atoms with Crippen molar-refractivity contribution in [2.75, 3.05) is 33.9 Å². The van der Waals surface area contributed by atoms with Crippen molar-refractivity contribution in [2.45, 2.75) is 37.9 Å². The molecule has 1 unspecified atom stereocenters. The predicted octanol–water partition coefficient (Wildman–Crippen LogP) is 2.72. The maximum absolute atomic E-state index is 12.7. The van der Waals surface area contributed by atoms with Crippen molar-refractivity contribution >= 4 is 10.0 Å². The van der Waals surface area contributed by atoms with Crippen molar-refractivity contribution in [3.05, 3.63) is 54.1 Å². The molecule has 0 bridgehead atoms. The summed E-state index contributed by atoms with van der Waals surface area (Å²) in [5.74, 6) is 1.95. The van der Waals surface area contributed by atoms with Crippen LogP contribution in [-0.2, 0) is 23.1 Å². The zero-order valence-corrected chi connectivity index (χ0v) is 20.9. The summed E-state index contributed by atoms with van der Waals surface area (Å²) in [5.41, 5.74) is 1.41. The fraction of sp³-hybridized carbons (Fsp3) is 0.478. The minimum atomic E-state index is -3.74. The van der Waals surface area contributed by atoms with Gasteiger partial charge in [0.05, 0.1) is 37.8 Å². The first-order chi connectivity index (χ1) is 16.0. The topological polar surface area (TPSA) is 116 Å². The normalized spacial score (nSPS) is 13.5. The molecule has 186 valence electrons. The molecule has 2 heterocycles. The Bertz CT molecular complexity index is 1170. The summed E-state index contributed by atoms with van der Waals surface area (Å²) in [6, 6.07) is 10.2. The van der Waals surface area contributed by atoms with Gasteiger partial charge in [0.25, 0.3) is 0 Å². The number of benzene rings is 1. The average molecular weight is 494 g/mol. The Morgan fingerprint density at radius 1 is 1.15 bits per heavy atom. The molecule has 3 rings (SSSR count). The van der Waals surface area contributed by atoms with E-state index in [1.165, 1.54) is 12.1 Å². The molecule has 0 amide bonds. The van der Waals surface area contributed by atoms with E-state index in [1.807, 2.05) is 37.1 Å². The maximum atomic E-state index is 12.7. The van der Waals surface area contributed by atoms with E-state index < -0.39 is 10.0 Å². The Hall–Kier alpha value is -2.60. The third kappa shape index (κ3) is 6.95. The number of rotatable bonds is 12. The first kappa shape index (κ1) is 26.0. The van der Waals surface area contributed by atoms with Crippen LogP contribution in [0.15, 0.2) is 51.9 Å². The van der Waals surface area contributed by atoms with Gasteiger partial charge in [0.1, 0.15) is 31.2 Å². The number of halogens is 1. The minimum Gasteiger partial charge on any atom is -0.459 e. The maximum Gasteiger partial charge on any atom is 0.238 e. The van der Waals surface area contributed by atoms with Gasteiger partial charge in [0.2, 0.25) is 10.0 Å². The highest BCUT2D eigenvalue weighted by atomic mass is 32.2. The van der Waals surface area contributed by atoms with Crippen LogP contribution in [0.2, 0.25) is 0 Å². The van der Waals surface area contributed by atoms with Gasteiger partial charge in [0.15, 0.2) is 5.76 Å². The van der Waals surface area contributed by atoms with Gasteiger partial charge in [-0.1, -0.05) is 31.2 Å². The highest BCUT2D eigenvalue weighted by Gasteiger charge is 2.20. The largest absolute Gasteiger partial charge is 0.459 e. The van der Waals surface area contributed by atoms with E-state index >= 15 is 0 Å². The molecular weight excluding hydrogens is 459 g/mol. The molecule has 0 aliphatic heterocycles. The standard InChI is InChI=1S/C23H34FN6O3S/c1-17(2)23(14-26-13-19-7-8-20(33-19)16-30(3,4)12-11-24)29-15-22(27-28-29)18-5-9-21(10-6-18)34(25,31)32/h5-10,15,17,23,26H,11-14,16H2,1-4H3,(H2,25,31,32)/q+1. The molecule has 0 radical (unpaired) electrons. The van der Waals surface area contributed by atoms with E-state index in [0.717, 1.165) is 17.1 Å². The van der Waals surface area contributed by atoms with Crippen molar-refractivity contribution in [3.63, 3.8) is 0 Å². The van der Waals surface area contributed by atoms with Crippen molar-refractivity contribution < 1.29 is 21.7 Å². The van der Waals surface area contributed by atoms with Crippen LogP contribution in [0.5, 0.6) is 0 Å². The second-order valence-corrected chi connectivity index (χ2v) is 11.0. The first-order valence-corrected chi connectivity index (χ1v) is 12.7. The number of quaternary nitrogens is 1. The van der Waals surface area contributed by atoms with Crippen LogP contribution in [0, 0.1) is 5.92 Å². The van der Waals surface area contributed by atoms with Gasteiger partial charge in [-0.2, -0.15) is 0 Å². The highest BCUT2D eigenvalue weighted by molar-refractivity contribution is 7.89. The van der Waals surface area contributed by atoms with E-state index in [4.69, 9.17) is 9.56 Å². The fourth-order valence-electron chi connectivity index (χ4n) is 3.70. The number of nitrogens with one attached hydrogen (secondary N) is 1. The molecule has 0 saturated carbocycles. The molecule has 0 aliphatic rings. The van der Waals surface area contributed by atoms with E-state index in [2.05, 4.69) is 29.5 Å². The zero-order chi connectivity index (χ0) is 24.9. The molecule has 0 saturated heterocycles. The molecule has 0 spiro atoms. The number of aromatic nitrogens is 3. The van der Waals surface area contributed by atoms with Crippen molar-refractivity contribution in [3.8, 4) is 11.3 Å². The summed E-state index contributed by atoms with van der Waals surface area (Å²) in [5, 5.41) is 17.1. The van der Waals surface area contributed by atoms with Crippen LogP contribution in [-0.4, -0.2) is 61.8 Å². The van der Waals surface area contributed by atoms with Gasteiger partial charge in [-0.15, -0.1) is 5.10 Å². The van der Waals surface area contributed by atoms with Crippen molar-refractivity contribution in [1.29, 1.82) is 0 Å². The molecule has 3 N–H and O–H groups in total. The molecular formula is C23H34FN6O3S+. The van der Waals surface area contributed by atoms with Crippen molar-refractivity contribution in [1.82, 2.24) is 20.3 Å². The summed E-state index contributed by atoms with van der Waals surface area (Å²) >= 11 is 0. The van der Waals surface area contributed by atoms with Gasteiger partial charge >= 0.3 is 0 Å². The summed E-state index contributed by atoms with van der Waals surface area (Å²) < 4.78 is 43.9. The molecule has 3 aromatic rings. The van der Waals surface area contributed by atoms with Crippen molar-refractivity contribution in [2.24, 2.45) is 11.1 Å². The smallest absolute Gasteiger partial charge is 0.238 e. The molecule has 34 heavy (non-hydrogen) atoms. The second-order valence-electron chi connectivity index (χ2n) is 9.47. The Morgan fingerprint density at radius 2 is 1.82 bits per heavy atom. The van der Waals surface area contributed by atoms with Gasteiger partial charge < -0.3 is 14.2 Å². The van der Waals surface area contributed by atoms with Crippen LogP contribution >= 0.6 is 0 Å². The fourth-order valence-corrected chi connectivity index (χ4v) is 4.21. The average Bonchev–Trinajstić information content (AvgIpc) is 3.40. The monoisotopic (exact) mass is 493 g/mol. The van der Waals surface area contributed by atoms with Gasteiger partial charge in [-0.05, 0) is 30.2 Å². The molecule has 0 fully saturated rings. The number of primary sulfonamides is 1. The van der Waals surface area contributed by atoms with E-state index in [1.54, 1.807) is 12.1 Å². The summed E-state index contributed by atoms with van der Waals surface area (Å²) in [6.07, 6.45) is 1.86. The summed E-state index contributed by atoms with van der Waals surface area (Å²) in [4.78, 5) is 0.0545. The molecule has 1 aromatic carbocycles. The Labute approximate surface area is 200 Å². The van der Waals surface area contributed by atoms with Gasteiger partial charge in [-0.25, -0.2) is 22.6 Å². The first-order valence-electron chi connectivity index (χ1n) is 11.2. The zero-order valence-electron chi connectivity index (χ0n) is 20.1. The molecule has 2 aromatic heterocycles. The lowest BCUT2D eigenvalue weighted by Gasteiger charge is -2.27. The number of sulfonamides is 1. The Balaban J connectivity index is 1.61. The quantitative estimate of drug-likeness (QED) is 0.375. The third-order valence-electron chi connectivity index (χ3n) is 5.74.